The van der Waals surface area contributed by atoms with Crippen LogP contribution in [0, 0.1) is 5.41 Å². The molecule has 1 saturated carbocycles. The zero-order valence-corrected chi connectivity index (χ0v) is 28.4. The summed E-state index contributed by atoms with van der Waals surface area (Å²) in [5.74, 6) is -1.76. The number of nitrogens with one attached hydrogen (secondary N) is 1. The lowest BCUT2D eigenvalue weighted by molar-refractivity contribution is -0.164. The molecular formula is C32H34ClF5N10O3. The lowest BCUT2D eigenvalue weighted by atomic mass is 9.92. The number of hydrogen-bond acceptors (Lipinski definition) is 8. The van der Waals surface area contributed by atoms with Gasteiger partial charge in [0.25, 0.3) is 12.3 Å². The van der Waals surface area contributed by atoms with Gasteiger partial charge in [0.05, 0.1) is 16.8 Å². The second-order valence-electron chi connectivity index (χ2n) is 13.0. The van der Waals surface area contributed by atoms with Crippen LogP contribution < -0.4 is 11.1 Å². The average molecular weight is 737 g/mol. The van der Waals surface area contributed by atoms with Gasteiger partial charge in [0.2, 0.25) is 0 Å². The van der Waals surface area contributed by atoms with Crippen molar-refractivity contribution in [1.29, 1.82) is 0 Å². The van der Waals surface area contributed by atoms with E-state index in [1.165, 1.54) is 43.0 Å². The Labute approximate surface area is 293 Å². The predicted octanol–water partition coefficient (Wildman–Crippen LogP) is 6.19. The van der Waals surface area contributed by atoms with Crippen molar-refractivity contribution >= 4 is 29.6 Å². The van der Waals surface area contributed by atoms with Crippen LogP contribution in [0.1, 0.15) is 74.2 Å². The molecule has 4 aromatic rings. The highest BCUT2D eigenvalue weighted by Crippen LogP contribution is 2.49. The van der Waals surface area contributed by atoms with Crippen molar-refractivity contribution in [2.75, 3.05) is 13.2 Å². The van der Waals surface area contributed by atoms with Crippen molar-refractivity contribution in [3.05, 3.63) is 83.4 Å². The highest BCUT2D eigenvalue weighted by atomic mass is 35.5. The van der Waals surface area contributed by atoms with Crippen LogP contribution in [0.25, 0.3) is 11.4 Å². The number of aromatic nitrogens is 6. The molecule has 0 spiro atoms. The summed E-state index contributed by atoms with van der Waals surface area (Å²) in [7, 11) is 0. The van der Waals surface area contributed by atoms with E-state index in [1.54, 1.807) is 16.7 Å². The molecular weight excluding hydrogens is 703 g/mol. The molecule has 2 aromatic carbocycles. The summed E-state index contributed by atoms with van der Waals surface area (Å²) in [6.45, 7) is 5.38. The number of aliphatic imine (C=N–C) groups is 1. The Kier molecular flexibility index (Phi) is 10.6. The summed E-state index contributed by atoms with van der Waals surface area (Å²) in [5.41, 5.74) is 4.71. The fourth-order valence-electron chi connectivity index (χ4n) is 5.03. The van der Waals surface area contributed by atoms with Crippen LogP contribution in [-0.2, 0) is 4.74 Å². The molecule has 51 heavy (non-hydrogen) atoms. The number of alkyl halides is 5. The van der Waals surface area contributed by atoms with Gasteiger partial charge in [0, 0.05) is 17.8 Å². The standard InChI is InChI=1S/C32H34ClF5N10O3/c1-30(2,3)12-13-40-28(39)47(27(49)19-4-7-21(8-5-19)46-17-42-43-18-46)24(15-51-29(50)45-31(10-11-31)32(36,37)38)20-6-9-22(33)23(14-20)48-26(25(34)35)41-16-44-48/h4-9,14,16-18,24-25H,10-13,15H2,1-3H3,(H2,39,40)(H,45,50)/t24-/m1/s1. The van der Waals surface area contributed by atoms with Gasteiger partial charge in [0.1, 0.15) is 31.1 Å². The van der Waals surface area contributed by atoms with Crippen LogP contribution in [0.5, 0.6) is 0 Å². The molecule has 2 amide bonds. The first-order chi connectivity index (χ1) is 24.0. The van der Waals surface area contributed by atoms with E-state index < -0.39 is 48.6 Å². The lowest BCUT2D eigenvalue weighted by Crippen LogP contribution is -2.49. The fourth-order valence-corrected chi connectivity index (χ4v) is 5.23. The van der Waals surface area contributed by atoms with E-state index in [1.807, 2.05) is 26.1 Å². The molecule has 0 bridgehead atoms. The first-order valence-corrected chi connectivity index (χ1v) is 16.0. The Hall–Kier alpha value is -5.13. The Morgan fingerprint density at radius 2 is 1.76 bits per heavy atom. The highest BCUT2D eigenvalue weighted by Gasteiger charge is 2.64. The Morgan fingerprint density at radius 1 is 1.10 bits per heavy atom. The van der Waals surface area contributed by atoms with Crippen molar-refractivity contribution < 1.29 is 36.3 Å². The second-order valence-corrected chi connectivity index (χ2v) is 13.4. The normalized spacial score (nSPS) is 15.1. The molecule has 0 saturated heterocycles. The number of guanidine groups is 1. The molecule has 13 nitrogen and oxygen atoms in total. The molecule has 1 fully saturated rings. The number of amides is 2. The number of halogens is 6. The minimum Gasteiger partial charge on any atom is -0.447 e. The third kappa shape index (κ3) is 8.61. The second kappa shape index (κ2) is 14.6. The molecule has 1 aliphatic rings. The molecule has 19 heteroatoms. The minimum atomic E-state index is -4.72. The number of hydrogen-bond donors (Lipinski definition) is 2. The maximum absolute atomic E-state index is 14.4. The molecule has 2 heterocycles. The topological polar surface area (TPSA) is 158 Å². The van der Waals surface area contributed by atoms with Gasteiger partial charge in [-0.05, 0) is 66.6 Å². The first-order valence-electron chi connectivity index (χ1n) is 15.6. The summed E-state index contributed by atoms with van der Waals surface area (Å²) in [4.78, 5) is 36.3. The molecule has 2 aromatic heterocycles. The third-order valence-electron chi connectivity index (χ3n) is 8.10. The Morgan fingerprint density at radius 3 is 2.35 bits per heavy atom. The van der Waals surface area contributed by atoms with E-state index in [0.717, 1.165) is 15.9 Å². The van der Waals surface area contributed by atoms with Crippen molar-refractivity contribution in [3.8, 4) is 11.4 Å². The SMILES string of the molecule is CC(C)(C)CCN=C(N)N(C(=O)c1ccc(-n2cnnc2)cc1)[C@H](COC(=O)NC1(C(F)(F)F)CC1)c1ccc(Cl)c(-n2ncnc2C(F)F)c1. The van der Waals surface area contributed by atoms with Crippen molar-refractivity contribution in [2.24, 2.45) is 16.1 Å². The number of nitrogens with zero attached hydrogens (tertiary/aromatic N) is 8. The summed E-state index contributed by atoms with van der Waals surface area (Å²) in [6.07, 6.45) is -5.44. The molecule has 1 atom stereocenters. The number of benzene rings is 2. The molecule has 0 radical (unpaired) electrons. The van der Waals surface area contributed by atoms with Gasteiger partial charge in [-0.2, -0.15) is 18.3 Å². The Bertz CT molecular complexity index is 1870. The van der Waals surface area contributed by atoms with Gasteiger partial charge < -0.3 is 15.8 Å². The van der Waals surface area contributed by atoms with Crippen molar-refractivity contribution in [1.82, 2.24) is 39.7 Å². The molecule has 5 rings (SSSR count). The van der Waals surface area contributed by atoms with E-state index in [-0.39, 0.29) is 52.6 Å². The molecule has 0 unspecified atom stereocenters. The zero-order valence-electron chi connectivity index (χ0n) is 27.6. The maximum atomic E-state index is 14.4. The van der Waals surface area contributed by atoms with Crippen LogP contribution in [0.4, 0.5) is 26.7 Å². The molecule has 1 aliphatic carbocycles. The smallest absolute Gasteiger partial charge is 0.411 e. The van der Waals surface area contributed by atoms with Gasteiger partial charge in [-0.1, -0.05) is 38.4 Å². The lowest BCUT2D eigenvalue weighted by Gasteiger charge is -2.32. The van der Waals surface area contributed by atoms with Gasteiger partial charge in [-0.25, -0.2) is 23.2 Å². The number of alkyl carbamates (subject to hydrolysis) is 1. The van der Waals surface area contributed by atoms with Crippen LogP contribution in [0.15, 0.2) is 66.4 Å². The van der Waals surface area contributed by atoms with Gasteiger partial charge in [-0.15, -0.1) is 10.2 Å². The average Bonchev–Trinajstić information content (AvgIpc) is 3.43. The summed E-state index contributed by atoms with van der Waals surface area (Å²) < 4.78 is 76.3. The fraction of sp³-hybridized carbons (Fsp3) is 0.406. The zero-order chi connectivity index (χ0) is 37.1. The maximum Gasteiger partial charge on any atom is 0.411 e. The van der Waals surface area contributed by atoms with Crippen molar-refractivity contribution in [2.45, 2.75) is 64.2 Å². The van der Waals surface area contributed by atoms with Crippen molar-refractivity contribution in [3.63, 3.8) is 0 Å². The summed E-state index contributed by atoms with van der Waals surface area (Å²) >= 11 is 6.41. The van der Waals surface area contributed by atoms with E-state index >= 15 is 0 Å². The van der Waals surface area contributed by atoms with E-state index in [0.29, 0.717) is 12.1 Å². The first kappa shape index (κ1) is 37.1. The molecule has 0 aliphatic heterocycles. The van der Waals surface area contributed by atoms with E-state index in [2.05, 4.69) is 25.3 Å². The van der Waals surface area contributed by atoms with Crippen LogP contribution in [-0.4, -0.2) is 77.3 Å². The van der Waals surface area contributed by atoms with Crippen LogP contribution >= 0.6 is 11.6 Å². The van der Waals surface area contributed by atoms with Crippen LogP contribution in [0.3, 0.4) is 0 Å². The number of ether oxygens (including phenoxy) is 1. The van der Waals surface area contributed by atoms with Crippen LogP contribution in [0.2, 0.25) is 5.02 Å². The Balaban J connectivity index is 1.58. The number of nitrogens with two attached hydrogens (primary N) is 1. The summed E-state index contributed by atoms with van der Waals surface area (Å²) in [5, 5.41) is 13.3. The minimum absolute atomic E-state index is 0.0290. The van der Waals surface area contributed by atoms with E-state index in [4.69, 9.17) is 22.1 Å². The van der Waals surface area contributed by atoms with Gasteiger partial charge in [0.15, 0.2) is 11.8 Å². The summed E-state index contributed by atoms with van der Waals surface area (Å²) in [6, 6.07) is 8.92. The van der Waals surface area contributed by atoms with Gasteiger partial charge in [-0.3, -0.25) is 19.3 Å². The third-order valence-corrected chi connectivity index (χ3v) is 8.42. The predicted molar refractivity (Wildman–Crippen MR) is 175 cm³/mol. The molecule has 3 N–H and O–H groups in total. The largest absolute Gasteiger partial charge is 0.447 e. The molecule has 272 valence electrons. The number of carbonyl (C=O) groups excluding carboxylic acids is 2. The monoisotopic (exact) mass is 736 g/mol. The number of carbonyl (C=O) groups is 2. The quantitative estimate of drug-likeness (QED) is 0.105. The van der Waals surface area contributed by atoms with Gasteiger partial charge >= 0.3 is 12.3 Å². The number of rotatable bonds is 11. The highest BCUT2D eigenvalue weighted by molar-refractivity contribution is 6.32. The van der Waals surface area contributed by atoms with E-state index in [9.17, 15) is 31.5 Å².